The minimum atomic E-state index is -0.789. The Morgan fingerprint density at radius 3 is 2.52 bits per heavy atom. The van der Waals surface area contributed by atoms with Gasteiger partial charge in [-0.25, -0.2) is 4.98 Å². The van der Waals surface area contributed by atoms with Gasteiger partial charge in [0.2, 0.25) is 0 Å². The van der Waals surface area contributed by atoms with Crippen molar-refractivity contribution in [2.24, 2.45) is 0 Å². The summed E-state index contributed by atoms with van der Waals surface area (Å²) in [6, 6.07) is 5.58. The fraction of sp³-hybridized carbons (Fsp3) is 0.500. The summed E-state index contributed by atoms with van der Waals surface area (Å²) in [5, 5.41) is 8.85. The second kappa shape index (κ2) is 6.52. The molecule has 0 unspecified atom stereocenters. The van der Waals surface area contributed by atoms with Crippen LogP contribution < -0.4 is 0 Å². The number of fused-ring (bicyclic) bond motifs is 1. The van der Waals surface area contributed by atoms with Gasteiger partial charge in [-0.3, -0.25) is 9.59 Å². The fourth-order valence-corrected chi connectivity index (χ4v) is 2.69. The van der Waals surface area contributed by atoms with Crippen LogP contribution in [0.4, 0.5) is 0 Å². The van der Waals surface area contributed by atoms with Gasteiger partial charge in [-0.15, -0.1) is 0 Å². The van der Waals surface area contributed by atoms with E-state index in [2.05, 4.69) is 25.3 Å². The van der Waals surface area contributed by atoms with Crippen LogP contribution in [0.2, 0.25) is 0 Å². The molecule has 0 spiro atoms. The maximum Gasteiger partial charge on any atom is 0.303 e. The zero-order chi connectivity index (χ0) is 17.2. The van der Waals surface area contributed by atoms with E-state index in [4.69, 9.17) is 10.1 Å². The van der Waals surface area contributed by atoms with Crippen molar-refractivity contribution in [3.8, 4) is 0 Å². The van der Waals surface area contributed by atoms with Gasteiger partial charge in [0.15, 0.2) is 5.78 Å². The molecule has 0 amide bonds. The molecule has 0 saturated heterocycles. The van der Waals surface area contributed by atoms with Crippen LogP contribution in [-0.2, 0) is 16.8 Å². The molecule has 1 heterocycles. The Labute approximate surface area is 136 Å². The van der Waals surface area contributed by atoms with Gasteiger partial charge in [0, 0.05) is 30.4 Å². The number of aliphatic carboxylic acids is 1. The van der Waals surface area contributed by atoms with Crippen molar-refractivity contribution in [3.63, 3.8) is 0 Å². The molecule has 0 saturated carbocycles. The van der Waals surface area contributed by atoms with Gasteiger partial charge >= 0.3 is 5.97 Å². The summed E-state index contributed by atoms with van der Waals surface area (Å²) in [7, 11) is 0. The SMILES string of the molecule is CCC(=O)c1ccc2c(c1)nc(C(C)(C)C)n2CCCC(=O)O. The molecule has 0 bridgehead atoms. The first-order valence-corrected chi connectivity index (χ1v) is 7.99. The van der Waals surface area contributed by atoms with Crippen molar-refractivity contribution in [1.29, 1.82) is 0 Å². The second-order valence-corrected chi connectivity index (χ2v) is 6.81. The van der Waals surface area contributed by atoms with E-state index in [-0.39, 0.29) is 17.6 Å². The Kier molecular flexibility index (Phi) is 4.88. The normalized spacial score (nSPS) is 11.8. The molecule has 5 nitrogen and oxygen atoms in total. The first-order valence-electron chi connectivity index (χ1n) is 7.99. The maximum absolute atomic E-state index is 11.9. The quantitative estimate of drug-likeness (QED) is 0.823. The first kappa shape index (κ1) is 17.2. The van der Waals surface area contributed by atoms with E-state index in [0.29, 0.717) is 24.9 Å². The lowest BCUT2D eigenvalue weighted by Crippen LogP contribution is -2.19. The summed E-state index contributed by atoms with van der Waals surface area (Å²) in [6.45, 7) is 8.70. The second-order valence-electron chi connectivity index (χ2n) is 6.81. The van der Waals surface area contributed by atoms with Gasteiger partial charge in [0.1, 0.15) is 5.82 Å². The number of hydrogen-bond donors (Lipinski definition) is 1. The number of Topliss-reactive ketones (excluding diaryl/α,β-unsaturated/α-hetero) is 1. The Balaban J connectivity index is 2.48. The molecular weight excluding hydrogens is 292 g/mol. The highest BCUT2D eigenvalue weighted by Crippen LogP contribution is 2.27. The van der Waals surface area contributed by atoms with Gasteiger partial charge in [0.25, 0.3) is 0 Å². The average Bonchev–Trinajstić information content (AvgIpc) is 2.84. The number of rotatable bonds is 6. The Morgan fingerprint density at radius 2 is 1.96 bits per heavy atom. The lowest BCUT2D eigenvalue weighted by Gasteiger charge is -2.20. The highest BCUT2D eigenvalue weighted by molar-refractivity contribution is 5.98. The lowest BCUT2D eigenvalue weighted by molar-refractivity contribution is -0.137. The van der Waals surface area contributed by atoms with Crippen LogP contribution in [0.5, 0.6) is 0 Å². The van der Waals surface area contributed by atoms with Crippen LogP contribution in [0, 0.1) is 0 Å². The van der Waals surface area contributed by atoms with Gasteiger partial charge in [0.05, 0.1) is 11.0 Å². The van der Waals surface area contributed by atoms with Crippen molar-refractivity contribution in [2.75, 3.05) is 0 Å². The number of aromatic nitrogens is 2. The number of carboxylic acids is 1. The molecule has 0 aliphatic rings. The largest absolute Gasteiger partial charge is 0.481 e. The molecule has 1 aromatic heterocycles. The zero-order valence-electron chi connectivity index (χ0n) is 14.2. The summed E-state index contributed by atoms with van der Waals surface area (Å²) in [4.78, 5) is 27.4. The number of ketones is 1. The van der Waals surface area contributed by atoms with E-state index in [0.717, 1.165) is 16.9 Å². The monoisotopic (exact) mass is 316 g/mol. The predicted molar refractivity (Wildman–Crippen MR) is 89.9 cm³/mol. The fourth-order valence-electron chi connectivity index (χ4n) is 2.69. The number of imidazole rings is 1. The van der Waals surface area contributed by atoms with Crippen LogP contribution in [0.25, 0.3) is 11.0 Å². The lowest BCUT2D eigenvalue weighted by atomic mass is 9.95. The minimum Gasteiger partial charge on any atom is -0.481 e. The Bertz CT molecular complexity index is 739. The van der Waals surface area contributed by atoms with Crippen molar-refractivity contribution < 1.29 is 14.7 Å². The molecule has 5 heteroatoms. The predicted octanol–water partition coefficient (Wildman–Crippen LogP) is 3.79. The smallest absolute Gasteiger partial charge is 0.303 e. The molecule has 124 valence electrons. The number of aryl methyl sites for hydroxylation is 1. The number of benzene rings is 1. The van der Waals surface area contributed by atoms with Crippen LogP contribution in [0.1, 0.15) is 63.1 Å². The summed E-state index contributed by atoms with van der Waals surface area (Å²) >= 11 is 0. The third kappa shape index (κ3) is 3.78. The average molecular weight is 316 g/mol. The maximum atomic E-state index is 11.9. The van der Waals surface area contributed by atoms with Gasteiger partial charge in [-0.1, -0.05) is 27.7 Å². The molecule has 0 aliphatic heterocycles. The van der Waals surface area contributed by atoms with Crippen LogP contribution >= 0.6 is 0 Å². The van der Waals surface area contributed by atoms with Gasteiger partial charge < -0.3 is 9.67 Å². The highest BCUT2D eigenvalue weighted by Gasteiger charge is 2.23. The molecule has 2 aromatic rings. The van der Waals surface area contributed by atoms with Crippen LogP contribution in [0.15, 0.2) is 18.2 Å². The first-order chi connectivity index (χ1) is 10.7. The molecule has 23 heavy (non-hydrogen) atoms. The molecule has 0 fully saturated rings. The van der Waals surface area contributed by atoms with Crippen molar-refractivity contribution in [2.45, 2.75) is 58.9 Å². The number of carboxylic acid groups (broad SMARTS) is 1. The van der Waals surface area contributed by atoms with Crippen LogP contribution in [0.3, 0.4) is 0 Å². The standard InChI is InChI=1S/C18H24N2O3/c1-5-15(21)12-8-9-14-13(11-12)19-17(18(2,3)4)20(14)10-6-7-16(22)23/h8-9,11H,5-7,10H2,1-4H3,(H,22,23). The topological polar surface area (TPSA) is 72.2 Å². The Morgan fingerprint density at radius 1 is 1.26 bits per heavy atom. The third-order valence-electron chi connectivity index (χ3n) is 3.83. The molecule has 0 radical (unpaired) electrons. The zero-order valence-corrected chi connectivity index (χ0v) is 14.2. The molecule has 0 atom stereocenters. The van der Waals surface area contributed by atoms with E-state index in [1.807, 2.05) is 25.1 Å². The van der Waals surface area contributed by atoms with Crippen LogP contribution in [-0.4, -0.2) is 26.4 Å². The molecule has 0 aliphatic carbocycles. The number of carbonyl (C=O) groups is 2. The van der Waals surface area contributed by atoms with E-state index in [1.54, 1.807) is 0 Å². The summed E-state index contributed by atoms with van der Waals surface area (Å²) in [6.07, 6.45) is 1.16. The van der Waals surface area contributed by atoms with E-state index >= 15 is 0 Å². The van der Waals surface area contributed by atoms with Crippen molar-refractivity contribution >= 4 is 22.8 Å². The molecular formula is C18H24N2O3. The Hall–Kier alpha value is -2.17. The van der Waals surface area contributed by atoms with E-state index in [9.17, 15) is 9.59 Å². The van der Waals surface area contributed by atoms with Gasteiger partial charge in [-0.2, -0.15) is 0 Å². The number of carbonyl (C=O) groups excluding carboxylic acids is 1. The summed E-state index contributed by atoms with van der Waals surface area (Å²) < 4.78 is 2.08. The third-order valence-corrected chi connectivity index (χ3v) is 3.83. The minimum absolute atomic E-state index is 0.102. The molecule has 1 N–H and O–H groups in total. The van der Waals surface area contributed by atoms with Gasteiger partial charge in [-0.05, 0) is 24.6 Å². The van der Waals surface area contributed by atoms with E-state index < -0.39 is 5.97 Å². The van der Waals surface area contributed by atoms with Crippen molar-refractivity contribution in [3.05, 3.63) is 29.6 Å². The van der Waals surface area contributed by atoms with Crippen molar-refractivity contribution in [1.82, 2.24) is 9.55 Å². The number of nitrogens with zero attached hydrogens (tertiary/aromatic N) is 2. The molecule has 2 rings (SSSR count). The summed E-state index contributed by atoms with van der Waals surface area (Å²) in [5.74, 6) is 0.228. The van der Waals surface area contributed by atoms with E-state index in [1.165, 1.54) is 0 Å². The highest BCUT2D eigenvalue weighted by atomic mass is 16.4. The number of hydrogen-bond acceptors (Lipinski definition) is 3. The molecule has 1 aromatic carbocycles. The summed E-state index contributed by atoms with van der Waals surface area (Å²) in [5.41, 5.74) is 2.27.